The maximum absolute atomic E-state index is 3.56. The van der Waals surface area contributed by atoms with Crippen LogP contribution in [-0.4, -0.2) is 6.54 Å². The molecule has 0 aliphatic rings. The Hall–Kier alpha value is -1.12. The molecule has 1 heterocycles. The fraction of sp³-hybridized carbons (Fsp3) is 0.333. The fourth-order valence-corrected chi connectivity index (χ4v) is 2.68. The smallest absolute Gasteiger partial charge is 0.0361 e. The first-order chi connectivity index (χ1) is 8.29. The average Bonchev–Trinajstić information content (AvgIpc) is 2.82. The Morgan fingerprint density at radius 3 is 2.53 bits per heavy atom. The van der Waals surface area contributed by atoms with Crippen molar-refractivity contribution < 1.29 is 0 Å². The highest BCUT2D eigenvalue weighted by Crippen LogP contribution is 2.20. The number of hydrogen-bond acceptors (Lipinski definition) is 2. The van der Waals surface area contributed by atoms with Crippen molar-refractivity contribution >= 4 is 11.3 Å². The first-order valence-electron chi connectivity index (χ1n) is 6.10. The molecule has 0 amide bonds. The van der Waals surface area contributed by atoms with Gasteiger partial charge in [0.2, 0.25) is 0 Å². The average molecular weight is 245 g/mol. The van der Waals surface area contributed by atoms with E-state index in [9.17, 15) is 0 Å². The lowest BCUT2D eigenvalue weighted by Gasteiger charge is -2.18. The van der Waals surface area contributed by atoms with Gasteiger partial charge in [0.1, 0.15) is 0 Å². The lowest BCUT2D eigenvalue weighted by Crippen LogP contribution is -2.22. The van der Waals surface area contributed by atoms with Gasteiger partial charge >= 0.3 is 0 Å². The third-order valence-electron chi connectivity index (χ3n) is 2.95. The zero-order chi connectivity index (χ0) is 12.1. The lowest BCUT2D eigenvalue weighted by molar-refractivity contribution is 0.550. The van der Waals surface area contributed by atoms with Crippen LogP contribution in [0.5, 0.6) is 0 Å². The molecule has 0 spiro atoms. The minimum Gasteiger partial charge on any atom is -0.310 e. The van der Waals surface area contributed by atoms with Crippen LogP contribution in [-0.2, 0) is 6.42 Å². The summed E-state index contributed by atoms with van der Waals surface area (Å²) in [5.41, 5.74) is 4.12. The van der Waals surface area contributed by atoms with E-state index in [1.807, 2.05) is 0 Å². The SMILES string of the molecule is CCNC(Cc1ccsc1)c1ccc(C)cc1. The summed E-state index contributed by atoms with van der Waals surface area (Å²) in [6.45, 7) is 5.29. The monoisotopic (exact) mass is 245 g/mol. The molecular formula is C15H19NS. The Morgan fingerprint density at radius 2 is 1.94 bits per heavy atom. The first kappa shape index (κ1) is 12.3. The third kappa shape index (κ3) is 3.42. The molecule has 1 nitrogen and oxygen atoms in total. The number of nitrogens with one attached hydrogen (secondary N) is 1. The predicted molar refractivity (Wildman–Crippen MR) is 75.6 cm³/mol. The van der Waals surface area contributed by atoms with Crippen LogP contribution >= 0.6 is 11.3 Å². The summed E-state index contributed by atoms with van der Waals surface area (Å²) < 4.78 is 0. The van der Waals surface area contributed by atoms with Crippen LogP contribution in [0.15, 0.2) is 41.1 Å². The molecule has 1 atom stereocenters. The van der Waals surface area contributed by atoms with E-state index in [2.05, 4.69) is 60.3 Å². The lowest BCUT2D eigenvalue weighted by atomic mass is 9.99. The number of likely N-dealkylation sites (N-methyl/N-ethyl adjacent to an activating group) is 1. The molecule has 2 rings (SSSR count). The van der Waals surface area contributed by atoms with Crippen molar-refractivity contribution in [2.24, 2.45) is 0 Å². The van der Waals surface area contributed by atoms with Crippen LogP contribution in [0.1, 0.15) is 29.7 Å². The Bertz CT molecular complexity index is 430. The topological polar surface area (TPSA) is 12.0 Å². The Morgan fingerprint density at radius 1 is 1.18 bits per heavy atom. The minimum atomic E-state index is 0.426. The Balaban J connectivity index is 2.13. The molecule has 0 aliphatic heterocycles. The third-order valence-corrected chi connectivity index (χ3v) is 3.68. The number of rotatable bonds is 5. The van der Waals surface area contributed by atoms with Crippen molar-refractivity contribution in [1.29, 1.82) is 0 Å². The Labute approximate surface area is 108 Å². The van der Waals surface area contributed by atoms with Gasteiger partial charge in [-0.25, -0.2) is 0 Å². The molecule has 0 bridgehead atoms. The van der Waals surface area contributed by atoms with Crippen molar-refractivity contribution in [1.82, 2.24) is 5.32 Å². The normalized spacial score (nSPS) is 12.6. The van der Waals surface area contributed by atoms with Crippen LogP contribution in [0, 0.1) is 6.92 Å². The first-order valence-corrected chi connectivity index (χ1v) is 7.05. The van der Waals surface area contributed by atoms with E-state index in [-0.39, 0.29) is 0 Å². The van der Waals surface area contributed by atoms with Gasteiger partial charge in [-0.1, -0.05) is 36.8 Å². The van der Waals surface area contributed by atoms with Gasteiger partial charge in [0, 0.05) is 6.04 Å². The highest BCUT2D eigenvalue weighted by atomic mass is 32.1. The number of benzene rings is 1. The zero-order valence-corrected chi connectivity index (χ0v) is 11.3. The van der Waals surface area contributed by atoms with Crippen LogP contribution in [0.4, 0.5) is 0 Å². The molecule has 1 unspecified atom stereocenters. The van der Waals surface area contributed by atoms with Gasteiger partial charge in [-0.15, -0.1) is 0 Å². The molecule has 0 fully saturated rings. The summed E-state index contributed by atoms with van der Waals surface area (Å²) in [4.78, 5) is 0. The van der Waals surface area contributed by atoms with Crippen LogP contribution < -0.4 is 5.32 Å². The van der Waals surface area contributed by atoms with E-state index in [0.717, 1.165) is 13.0 Å². The minimum absolute atomic E-state index is 0.426. The van der Waals surface area contributed by atoms with Gasteiger partial charge in [0.05, 0.1) is 0 Å². The molecular weight excluding hydrogens is 226 g/mol. The summed E-state index contributed by atoms with van der Waals surface area (Å²) in [6.07, 6.45) is 1.07. The highest BCUT2D eigenvalue weighted by molar-refractivity contribution is 7.07. The van der Waals surface area contributed by atoms with Crippen LogP contribution in [0.3, 0.4) is 0 Å². The standard InChI is InChI=1S/C15H19NS/c1-3-16-15(10-13-8-9-17-11-13)14-6-4-12(2)5-7-14/h4-9,11,15-16H,3,10H2,1-2H3. The van der Waals surface area contributed by atoms with Crippen LogP contribution in [0.2, 0.25) is 0 Å². The van der Waals surface area contributed by atoms with Crippen molar-refractivity contribution in [3.8, 4) is 0 Å². The van der Waals surface area contributed by atoms with Gasteiger partial charge in [-0.3, -0.25) is 0 Å². The number of thiophene rings is 1. The summed E-state index contributed by atoms with van der Waals surface area (Å²) in [5, 5.41) is 7.94. The summed E-state index contributed by atoms with van der Waals surface area (Å²) in [6, 6.07) is 11.5. The fourth-order valence-electron chi connectivity index (χ4n) is 2.00. The number of aryl methyl sites for hydroxylation is 1. The van der Waals surface area contributed by atoms with E-state index in [1.165, 1.54) is 16.7 Å². The van der Waals surface area contributed by atoms with Crippen molar-refractivity contribution in [2.75, 3.05) is 6.54 Å². The molecule has 2 aromatic rings. The molecule has 1 aromatic heterocycles. The molecule has 0 radical (unpaired) electrons. The van der Waals surface area contributed by atoms with Crippen molar-refractivity contribution in [3.63, 3.8) is 0 Å². The van der Waals surface area contributed by atoms with Gasteiger partial charge < -0.3 is 5.32 Å². The maximum Gasteiger partial charge on any atom is 0.0361 e. The maximum atomic E-state index is 3.56. The predicted octanol–water partition coefficient (Wildman–Crippen LogP) is 3.95. The molecule has 90 valence electrons. The molecule has 0 saturated carbocycles. The van der Waals surface area contributed by atoms with E-state index in [4.69, 9.17) is 0 Å². The summed E-state index contributed by atoms with van der Waals surface area (Å²) in [7, 11) is 0. The van der Waals surface area contributed by atoms with E-state index >= 15 is 0 Å². The van der Waals surface area contributed by atoms with E-state index < -0.39 is 0 Å². The van der Waals surface area contributed by atoms with Gasteiger partial charge in [0.25, 0.3) is 0 Å². The molecule has 17 heavy (non-hydrogen) atoms. The van der Waals surface area contributed by atoms with Gasteiger partial charge in [-0.05, 0) is 47.8 Å². The highest BCUT2D eigenvalue weighted by Gasteiger charge is 2.10. The summed E-state index contributed by atoms with van der Waals surface area (Å²) >= 11 is 1.77. The molecule has 0 aliphatic carbocycles. The molecule has 0 saturated heterocycles. The second kappa shape index (κ2) is 5.99. The van der Waals surface area contributed by atoms with Crippen molar-refractivity contribution in [2.45, 2.75) is 26.3 Å². The van der Waals surface area contributed by atoms with Gasteiger partial charge in [-0.2, -0.15) is 11.3 Å². The second-order valence-corrected chi connectivity index (χ2v) is 5.14. The Kier molecular flexibility index (Phi) is 4.35. The molecule has 1 N–H and O–H groups in total. The van der Waals surface area contributed by atoms with Crippen molar-refractivity contribution in [3.05, 3.63) is 57.8 Å². The second-order valence-electron chi connectivity index (χ2n) is 4.36. The van der Waals surface area contributed by atoms with Gasteiger partial charge in [0.15, 0.2) is 0 Å². The number of hydrogen-bond donors (Lipinski definition) is 1. The van der Waals surface area contributed by atoms with Crippen LogP contribution in [0.25, 0.3) is 0 Å². The summed E-state index contributed by atoms with van der Waals surface area (Å²) in [5.74, 6) is 0. The zero-order valence-electron chi connectivity index (χ0n) is 10.4. The van der Waals surface area contributed by atoms with E-state index in [0.29, 0.717) is 6.04 Å². The largest absolute Gasteiger partial charge is 0.310 e. The molecule has 2 heteroatoms. The van der Waals surface area contributed by atoms with E-state index in [1.54, 1.807) is 11.3 Å². The quantitative estimate of drug-likeness (QED) is 0.841. The molecule has 1 aromatic carbocycles.